The second-order valence-corrected chi connectivity index (χ2v) is 8.05. The van der Waals surface area contributed by atoms with Gasteiger partial charge in [0.05, 0.1) is 30.2 Å². The lowest BCUT2D eigenvalue weighted by atomic mass is 9.87. The molecule has 1 atom stereocenters. The quantitative estimate of drug-likeness (QED) is 0.651. The third-order valence-corrected chi connectivity index (χ3v) is 6.25. The van der Waals surface area contributed by atoms with Crippen LogP contribution in [0.3, 0.4) is 0 Å². The Morgan fingerprint density at radius 2 is 1.67 bits per heavy atom. The highest BCUT2D eigenvalue weighted by Gasteiger charge is 2.39. The third-order valence-electron chi connectivity index (χ3n) is 6.25. The number of amides is 1. The molecule has 1 aromatic heterocycles. The molecule has 1 saturated heterocycles. The second kappa shape index (κ2) is 7.41. The zero-order valence-electron chi connectivity index (χ0n) is 16.9. The summed E-state index contributed by atoms with van der Waals surface area (Å²) in [6.45, 7) is 3.10. The molecule has 5 nitrogen and oxygen atoms in total. The molecule has 0 aliphatic carbocycles. The first kappa shape index (κ1) is 18.6. The molecular formula is C25H23N3O2. The molecule has 2 aliphatic rings. The fourth-order valence-corrected chi connectivity index (χ4v) is 4.57. The van der Waals surface area contributed by atoms with Crippen LogP contribution in [0.15, 0.2) is 73.2 Å². The van der Waals surface area contributed by atoms with E-state index in [1.54, 1.807) is 4.90 Å². The van der Waals surface area contributed by atoms with Crippen molar-refractivity contribution in [1.82, 2.24) is 14.5 Å². The third kappa shape index (κ3) is 3.07. The molecule has 0 N–H and O–H groups in total. The van der Waals surface area contributed by atoms with E-state index in [2.05, 4.69) is 28.6 Å². The first-order chi connectivity index (χ1) is 14.6. The van der Waals surface area contributed by atoms with Crippen molar-refractivity contribution < 1.29 is 9.59 Å². The molecule has 5 rings (SSSR count). The predicted molar refractivity (Wildman–Crippen MR) is 116 cm³/mol. The minimum atomic E-state index is -0.0948. The minimum absolute atomic E-state index is 0.00173. The van der Waals surface area contributed by atoms with Gasteiger partial charge in [-0.15, -0.1) is 0 Å². The molecule has 0 saturated carbocycles. The number of carbonyl (C=O) groups is 2. The first-order valence-electron chi connectivity index (χ1n) is 10.3. The van der Waals surface area contributed by atoms with Gasteiger partial charge in [0.25, 0.3) is 5.91 Å². The van der Waals surface area contributed by atoms with Gasteiger partial charge in [0.1, 0.15) is 5.78 Å². The summed E-state index contributed by atoms with van der Waals surface area (Å²) in [5, 5.41) is 0. The summed E-state index contributed by atoms with van der Waals surface area (Å²) in [6, 6.07) is 19.5. The van der Waals surface area contributed by atoms with Crippen LogP contribution in [0.1, 0.15) is 41.0 Å². The normalized spacial score (nSPS) is 18.3. The summed E-state index contributed by atoms with van der Waals surface area (Å²) in [5.74, 6) is 0.112. The zero-order chi connectivity index (χ0) is 20.7. The zero-order valence-corrected chi connectivity index (χ0v) is 16.9. The topological polar surface area (TPSA) is 55.2 Å². The van der Waals surface area contributed by atoms with Gasteiger partial charge in [0.15, 0.2) is 0 Å². The SMILES string of the molecule is CC1=C(c2ccccc2)C(CC(=O)C2CN(C(=O)c3ccccc3)C2)n2cncc21. The number of aromatic nitrogens is 2. The number of imidazole rings is 1. The summed E-state index contributed by atoms with van der Waals surface area (Å²) in [5.41, 5.74) is 5.25. The van der Waals surface area contributed by atoms with E-state index in [-0.39, 0.29) is 23.7 Å². The van der Waals surface area contributed by atoms with Crippen molar-refractivity contribution in [1.29, 1.82) is 0 Å². The smallest absolute Gasteiger partial charge is 0.253 e. The van der Waals surface area contributed by atoms with Gasteiger partial charge in [-0.1, -0.05) is 48.5 Å². The molecule has 0 spiro atoms. The number of carbonyl (C=O) groups excluding carboxylic acids is 2. The number of allylic oxidation sites excluding steroid dienone is 2. The van der Waals surface area contributed by atoms with Crippen molar-refractivity contribution >= 4 is 22.8 Å². The van der Waals surface area contributed by atoms with E-state index < -0.39 is 0 Å². The second-order valence-electron chi connectivity index (χ2n) is 8.05. The van der Waals surface area contributed by atoms with Gasteiger partial charge in [-0.25, -0.2) is 4.98 Å². The molecule has 150 valence electrons. The number of fused-ring (bicyclic) bond motifs is 1. The molecule has 0 bridgehead atoms. The first-order valence-corrected chi connectivity index (χ1v) is 10.3. The van der Waals surface area contributed by atoms with Crippen LogP contribution in [-0.2, 0) is 4.79 Å². The maximum Gasteiger partial charge on any atom is 0.253 e. The van der Waals surface area contributed by atoms with Crippen LogP contribution in [0.2, 0.25) is 0 Å². The van der Waals surface area contributed by atoms with Crippen molar-refractivity contribution in [2.75, 3.05) is 13.1 Å². The average molecular weight is 397 g/mol. The van der Waals surface area contributed by atoms with E-state index >= 15 is 0 Å². The minimum Gasteiger partial charge on any atom is -0.337 e. The number of benzene rings is 2. The molecule has 0 radical (unpaired) electrons. The predicted octanol–water partition coefficient (Wildman–Crippen LogP) is 4.10. The Balaban J connectivity index is 1.31. The molecule has 1 amide bonds. The van der Waals surface area contributed by atoms with Crippen LogP contribution < -0.4 is 0 Å². The molecule has 1 fully saturated rings. The highest BCUT2D eigenvalue weighted by Crippen LogP contribution is 2.44. The standard InChI is InChI=1S/C25H23N3O2/c1-17-22-13-26-16-28(22)21(24(17)18-8-4-2-5-9-18)12-23(29)20-14-27(15-20)25(30)19-10-6-3-7-11-19/h2-11,13,16,20-21H,12,14-15H2,1H3. The fraction of sp³-hybridized carbons (Fsp3) is 0.240. The van der Waals surface area contributed by atoms with Gasteiger partial charge in [-0.05, 0) is 35.8 Å². The summed E-state index contributed by atoms with van der Waals surface area (Å²) in [6.07, 6.45) is 4.11. The maximum atomic E-state index is 13.1. The van der Waals surface area contributed by atoms with E-state index in [1.165, 1.54) is 11.1 Å². The lowest BCUT2D eigenvalue weighted by Gasteiger charge is -2.39. The van der Waals surface area contributed by atoms with Gasteiger partial charge < -0.3 is 9.47 Å². The van der Waals surface area contributed by atoms with Gasteiger partial charge >= 0.3 is 0 Å². The summed E-state index contributed by atoms with van der Waals surface area (Å²) in [7, 11) is 0. The van der Waals surface area contributed by atoms with Gasteiger partial charge in [-0.2, -0.15) is 0 Å². The Morgan fingerprint density at radius 3 is 2.37 bits per heavy atom. The van der Waals surface area contributed by atoms with Crippen LogP contribution in [0, 0.1) is 5.92 Å². The van der Waals surface area contributed by atoms with Crippen LogP contribution in [0.5, 0.6) is 0 Å². The Labute approximate surface area is 175 Å². The number of likely N-dealkylation sites (tertiary alicyclic amines) is 1. The summed E-state index contributed by atoms with van der Waals surface area (Å²) >= 11 is 0. The van der Waals surface area contributed by atoms with Crippen molar-refractivity contribution in [3.63, 3.8) is 0 Å². The lowest BCUT2D eigenvalue weighted by Crippen LogP contribution is -2.53. The van der Waals surface area contributed by atoms with Crippen LogP contribution in [-0.4, -0.2) is 39.2 Å². The van der Waals surface area contributed by atoms with E-state index in [4.69, 9.17) is 0 Å². The van der Waals surface area contributed by atoms with E-state index in [1.807, 2.05) is 61.1 Å². The van der Waals surface area contributed by atoms with Crippen LogP contribution >= 0.6 is 0 Å². The molecule has 2 aliphatic heterocycles. The maximum absolute atomic E-state index is 13.1. The van der Waals surface area contributed by atoms with Crippen LogP contribution in [0.25, 0.3) is 11.1 Å². The molecular weight excluding hydrogens is 374 g/mol. The van der Waals surface area contributed by atoms with Crippen molar-refractivity contribution in [2.24, 2.45) is 5.92 Å². The van der Waals surface area contributed by atoms with Crippen molar-refractivity contribution in [3.05, 3.63) is 90.0 Å². The monoisotopic (exact) mass is 397 g/mol. The Bertz CT molecular complexity index is 1130. The number of rotatable bonds is 5. The average Bonchev–Trinajstić information content (AvgIpc) is 3.31. The number of Topliss-reactive ketones (excluding diaryl/α,β-unsaturated/α-hetero) is 1. The Kier molecular flexibility index (Phi) is 4.58. The van der Waals surface area contributed by atoms with E-state index in [9.17, 15) is 9.59 Å². The number of ketones is 1. The fourth-order valence-electron chi connectivity index (χ4n) is 4.57. The lowest BCUT2D eigenvalue weighted by molar-refractivity contribution is -0.127. The van der Waals surface area contributed by atoms with Crippen molar-refractivity contribution in [3.8, 4) is 0 Å². The highest BCUT2D eigenvalue weighted by atomic mass is 16.2. The largest absolute Gasteiger partial charge is 0.337 e. The van der Waals surface area contributed by atoms with Gasteiger partial charge in [-0.3, -0.25) is 9.59 Å². The summed E-state index contributed by atoms with van der Waals surface area (Å²) < 4.78 is 2.11. The number of hydrogen-bond donors (Lipinski definition) is 0. The van der Waals surface area contributed by atoms with E-state index in [0.717, 1.165) is 11.3 Å². The molecule has 30 heavy (non-hydrogen) atoms. The van der Waals surface area contributed by atoms with E-state index in [0.29, 0.717) is 25.1 Å². The molecule has 3 aromatic rings. The molecule has 5 heteroatoms. The van der Waals surface area contributed by atoms with Crippen LogP contribution in [0.4, 0.5) is 0 Å². The van der Waals surface area contributed by atoms with Gasteiger partial charge in [0, 0.05) is 25.1 Å². The molecule has 2 aromatic carbocycles. The molecule has 3 heterocycles. The Hall–Kier alpha value is -3.47. The highest BCUT2D eigenvalue weighted by molar-refractivity contribution is 5.98. The molecule has 1 unspecified atom stereocenters. The number of nitrogens with zero attached hydrogens (tertiary/aromatic N) is 3. The summed E-state index contributed by atoms with van der Waals surface area (Å²) in [4.78, 5) is 31.7. The Morgan fingerprint density at radius 1 is 1.00 bits per heavy atom. The number of hydrogen-bond acceptors (Lipinski definition) is 3. The van der Waals surface area contributed by atoms with Crippen molar-refractivity contribution in [2.45, 2.75) is 19.4 Å². The van der Waals surface area contributed by atoms with Gasteiger partial charge in [0.2, 0.25) is 0 Å².